The van der Waals surface area contributed by atoms with Gasteiger partial charge in [-0.2, -0.15) is 0 Å². The Morgan fingerprint density at radius 1 is 0.955 bits per heavy atom. The second-order valence-electron chi connectivity index (χ2n) is 5.78. The third-order valence-corrected chi connectivity index (χ3v) is 3.93. The largest absolute Gasteiger partial charge is 0.496 e. The zero-order valence-corrected chi connectivity index (χ0v) is 13.7. The van der Waals surface area contributed by atoms with Gasteiger partial charge < -0.3 is 10.1 Å². The van der Waals surface area contributed by atoms with E-state index in [-0.39, 0.29) is 0 Å². The number of benzene rings is 2. The molecule has 1 atom stereocenters. The van der Waals surface area contributed by atoms with Crippen LogP contribution in [0.5, 0.6) is 5.75 Å². The molecule has 0 fully saturated rings. The molecule has 0 amide bonds. The smallest absolute Gasteiger partial charge is 0.122 e. The second-order valence-corrected chi connectivity index (χ2v) is 5.78. The van der Waals surface area contributed by atoms with E-state index in [1.807, 2.05) is 12.1 Å². The third-order valence-electron chi connectivity index (χ3n) is 3.93. The van der Waals surface area contributed by atoms with Crippen molar-refractivity contribution in [1.29, 1.82) is 0 Å². The van der Waals surface area contributed by atoms with Crippen molar-refractivity contribution < 1.29 is 4.74 Å². The molecule has 0 saturated heterocycles. The van der Waals surface area contributed by atoms with Crippen LogP contribution >= 0.6 is 0 Å². The lowest BCUT2D eigenvalue weighted by molar-refractivity contribution is 0.400. The third kappa shape index (κ3) is 5.19. The number of hydrogen-bond donors (Lipinski definition) is 1. The summed E-state index contributed by atoms with van der Waals surface area (Å²) in [4.78, 5) is 0. The maximum Gasteiger partial charge on any atom is 0.122 e. The van der Waals surface area contributed by atoms with Crippen molar-refractivity contribution >= 4 is 0 Å². The molecule has 118 valence electrons. The maximum absolute atomic E-state index is 5.50. The average molecular weight is 297 g/mol. The molecule has 1 unspecified atom stereocenters. The molecule has 0 aliphatic heterocycles. The van der Waals surface area contributed by atoms with E-state index in [2.05, 4.69) is 54.7 Å². The molecule has 0 aliphatic carbocycles. The van der Waals surface area contributed by atoms with Crippen LogP contribution in [0, 0.1) is 5.92 Å². The summed E-state index contributed by atoms with van der Waals surface area (Å²) in [7, 11) is 1.75. The van der Waals surface area contributed by atoms with Crippen molar-refractivity contribution in [2.24, 2.45) is 5.92 Å². The highest BCUT2D eigenvalue weighted by Crippen LogP contribution is 2.22. The summed E-state index contributed by atoms with van der Waals surface area (Å²) in [5.74, 6) is 1.57. The summed E-state index contributed by atoms with van der Waals surface area (Å²) in [5, 5.41) is 3.57. The molecule has 0 spiro atoms. The van der Waals surface area contributed by atoms with Crippen LogP contribution in [-0.4, -0.2) is 20.2 Å². The molecule has 0 saturated carbocycles. The Hall–Kier alpha value is -1.80. The van der Waals surface area contributed by atoms with Crippen molar-refractivity contribution in [1.82, 2.24) is 5.32 Å². The van der Waals surface area contributed by atoms with E-state index in [0.29, 0.717) is 5.92 Å². The van der Waals surface area contributed by atoms with Crippen LogP contribution in [0.25, 0.3) is 0 Å². The van der Waals surface area contributed by atoms with Gasteiger partial charge in [0.25, 0.3) is 0 Å². The topological polar surface area (TPSA) is 21.3 Å². The maximum atomic E-state index is 5.50. The Bertz CT molecular complexity index is 538. The Balaban J connectivity index is 2.06. The normalized spacial score (nSPS) is 12.1. The Kier molecular flexibility index (Phi) is 6.98. The van der Waals surface area contributed by atoms with Crippen LogP contribution in [0.1, 0.15) is 24.5 Å². The summed E-state index contributed by atoms with van der Waals surface area (Å²) in [6.07, 6.45) is 3.30. The molecule has 2 nitrogen and oxygen atoms in total. The SMILES string of the molecule is CCCNCC(Cc1ccccc1)Cc1ccccc1OC. The first kappa shape index (κ1) is 16.6. The van der Waals surface area contributed by atoms with E-state index in [1.54, 1.807) is 7.11 Å². The van der Waals surface area contributed by atoms with Gasteiger partial charge in [0.05, 0.1) is 7.11 Å². The van der Waals surface area contributed by atoms with Gasteiger partial charge in [0.15, 0.2) is 0 Å². The molecule has 1 N–H and O–H groups in total. The van der Waals surface area contributed by atoms with Gasteiger partial charge in [-0.25, -0.2) is 0 Å². The van der Waals surface area contributed by atoms with E-state index in [1.165, 1.54) is 17.5 Å². The second kappa shape index (κ2) is 9.26. The predicted octanol–water partition coefficient (Wildman–Crippen LogP) is 4.10. The lowest BCUT2D eigenvalue weighted by Crippen LogP contribution is -2.26. The number of ether oxygens (including phenoxy) is 1. The highest BCUT2D eigenvalue weighted by atomic mass is 16.5. The number of rotatable bonds is 9. The van der Waals surface area contributed by atoms with Crippen molar-refractivity contribution in [2.75, 3.05) is 20.2 Å². The van der Waals surface area contributed by atoms with Crippen LogP contribution in [0.3, 0.4) is 0 Å². The first-order valence-electron chi connectivity index (χ1n) is 8.20. The predicted molar refractivity (Wildman–Crippen MR) is 93.5 cm³/mol. The molecule has 2 heteroatoms. The molecule has 2 aromatic carbocycles. The van der Waals surface area contributed by atoms with Gasteiger partial charge in [-0.05, 0) is 55.5 Å². The molecule has 22 heavy (non-hydrogen) atoms. The minimum absolute atomic E-state index is 0.574. The molecule has 0 heterocycles. The molecule has 0 radical (unpaired) electrons. The Morgan fingerprint density at radius 2 is 1.68 bits per heavy atom. The van der Waals surface area contributed by atoms with Gasteiger partial charge in [0.2, 0.25) is 0 Å². The van der Waals surface area contributed by atoms with E-state index >= 15 is 0 Å². The molecule has 0 aliphatic rings. The monoisotopic (exact) mass is 297 g/mol. The van der Waals surface area contributed by atoms with Gasteiger partial charge in [-0.3, -0.25) is 0 Å². The van der Waals surface area contributed by atoms with E-state index in [4.69, 9.17) is 4.74 Å². The van der Waals surface area contributed by atoms with Crippen molar-refractivity contribution in [3.8, 4) is 5.75 Å². The fourth-order valence-corrected chi connectivity index (χ4v) is 2.83. The van der Waals surface area contributed by atoms with E-state index in [9.17, 15) is 0 Å². The zero-order chi connectivity index (χ0) is 15.6. The minimum atomic E-state index is 0.574. The quantitative estimate of drug-likeness (QED) is 0.704. The number of para-hydroxylation sites is 1. The summed E-state index contributed by atoms with van der Waals surface area (Å²) in [5.41, 5.74) is 2.70. The fraction of sp³-hybridized carbons (Fsp3) is 0.400. The van der Waals surface area contributed by atoms with Crippen LogP contribution < -0.4 is 10.1 Å². The Morgan fingerprint density at radius 3 is 2.41 bits per heavy atom. The zero-order valence-electron chi connectivity index (χ0n) is 13.7. The molecular weight excluding hydrogens is 270 g/mol. The van der Waals surface area contributed by atoms with Crippen molar-refractivity contribution in [3.63, 3.8) is 0 Å². The summed E-state index contributed by atoms with van der Waals surface area (Å²) < 4.78 is 5.50. The first-order chi connectivity index (χ1) is 10.8. The summed E-state index contributed by atoms with van der Waals surface area (Å²) in [6.45, 7) is 4.33. The van der Waals surface area contributed by atoms with Crippen LogP contribution in [-0.2, 0) is 12.8 Å². The minimum Gasteiger partial charge on any atom is -0.496 e. The molecule has 0 bridgehead atoms. The highest BCUT2D eigenvalue weighted by Gasteiger charge is 2.13. The van der Waals surface area contributed by atoms with Crippen molar-refractivity contribution in [3.05, 3.63) is 65.7 Å². The standard InChI is InChI=1S/C20H27NO/c1-3-13-21-16-18(14-17-9-5-4-6-10-17)15-19-11-7-8-12-20(19)22-2/h4-12,18,21H,3,13-16H2,1-2H3. The van der Waals surface area contributed by atoms with Crippen LogP contribution in [0.15, 0.2) is 54.6 Å². The summed E-state index contributed by atoms with van der Waals surface area (Å²) in [6, 6.07) is 19.1. The number of methoxy groups -OCH3 is 1. The van der Waals surface area contributed by atoms with Crippen molar-refractivity contribution in [2.45, 2.75) is 26.2 Å². The molecule has 0 aromatic heterocycles. The van der Waals surface area contributed by atoms with Gasteiger partial charge >= 0.3 is 0 Å². The number of hydrogen-bond acceptors (Lipinski definition) is 2. The van der Waals surface area contributed by atoms with Gasteiger partial charge in [-0.15, -0.1) is 0 Å². The van der Waals surface area contributed by atoms with E-state index in [0.717, 1.165) is 31.7 Å². The fourth-order valence-electron chi connectivity index (χ4n) is 2.83. The van der Waals surface area contributed by atoms with Crippen LogP contribution in [0.4, 0.5) is 0 Å². The van der Waals surface area contributed by atoms with Gasteiger partial charge in [-0.1, -0.05) is 55.5 Å². The van der Waals surface area contributed by atoms with E-state index < -0.39 is 0 Å². The van der Waals surface area contributed by atoms with Gasteiger partial charge in [0, 0.05) is 0 Å². The number of nitrogens with one attached hydrogen (secondary N) is 1. The highest BCUT2D eigenvalue weighted by molar-refractivity contribution is 5.33. The lowest BCUT2D eigenvalue weighted by Gasteiger charge is -2.19. The molecule has 2 aromatic rings. The lowest BCUT2D eigenvalue weighted by atomic mass is 9.92. The van der Waals surface area contributed by atoms with Crippen LogP contribution in [0.2, 0.25) is 0 Å². The van der Waals surface area contributed by atoms with Gasteiger partial charge in [0.1, 0.15) is 5.75 Å². The molecule has 2 rings (SSSR count). The summed E-state index contributed by atoms with van der Waals surface area (Å²) >= 11 is 0. The average Bonchev–Trinajstić information content (AvgIpc) is 2.56. The Labute approximate surface area is 134 Å². The molecular formula is C20H27NO. The first-order valence-corrected chi connectivity index (χ1v) is 8.20.